The highest BCUT2D eigenvalue weighted by Gasteiger charge is 2.21. The molecule has 5 heteroatoms. The van der Waals surface area contributed by atoms with Crippen LogP contribution < -0.4 is 5.32 Å². The van der Waals surface area contributed by atoms with Crippen LogP contribution in [0, 0.1) is 11.3 Å². The van der Waals surface area contributed by atoms with Crippen molar-refractivity contribution in [1.82, 2.24) is 9.88 Å². The van der Waals surface area contributed by atoms with Gasteiger partial charge < -0.3 is 10.2 Å². The van der Waals surface area contributed by atoms with Crippen molar-refractivity contribution in [2.24, 2.45) is 0 Å². The third-order valence-electron chi connectivity index (χ3n) is 2.62. The zero-order valence-corrected chi connectivity index (χ0v) is 11.0. The maximum absolute atomic E-state index is 12.4. The van der Waals surface area contributed by atoms with Crippen LogP contribution in [0.15, 0.2) is 18.3 Å². The second-order valence-corrected chi connectivity index (χ2v) is 4.15. The number of hydrogen-bond donors (Lipinski definition) is 1. The van der Waals surface area contributed by atoms with E-state index in [9.17, 15) is 4.79 Å². The number of anilines is 1. The van der Waals surface area contributed by atoms with Crippen molar-refractivity contribution in [2.45, 2.75) is 26.3 Å². The van der Waals surface area contributed by atoms with E-state index in [1.807, 2.05) is 13.8 Å². The molecule has 0 aliphatic heterocycles. The highest BCUT2D eigenvalue weighted by atomic mass is 16.2. The first kappa shape index (κ1) is 14.0. The smallest absolute Gasteiger partial charge is 0.257 e. The Labute approximate surface area is 107 Å². The lowest BCUT2D eigenvalue weighted by Gasteiger charge is -2.26. The fourth-order valence-corrected chi connectivity index (χ4v) is 1.70. The molecule has 0 spiro atoms. The first-order valence-corrected chi connectivity index (χ1v) is 5.92. The second kappa shape index (κ2) is 6.60. The van der Waals surface area contributed by atoms with E-state index in [2.05, 4.69) is 16.4 Å². The molecule has 1 aromatic rings. The van der Waals surface area contributed by atoms with Gasteiger partial charge in [-0.15, -0.1) is 0 Å². The van der Waals surface area contributed by atoms with E-state index in [4.69, 9.17) is 5.26 Å². The lowest BCUT2D eigenvalue weighted by atomic mass is 10.2. The van der Waals surface area contributed by atoms with Crippen LogP contribution in [0.2, 0.25) is 0 Å². The Hall–Kier alpha value is -2.09. The van der Waals surface area contributed by atoms with Crippen LogP contribution in [0.25, 0.3) is 0 Å². The van der Waals surface area contributed by atoms with Crippen LogP contribution in [-0.4, -0.2) is 35.4 Å². The molecule has 0 radical (unpaired) electrons. The third kappa shape index (κ3) is 3.20. The van der Waals surface area contributed by atoms with Crippen molar-refractivity contribution >= 4 is 11.7 Å². The summed E-state index contributed by atoms with van der Waals surface area (Å²) in [6.07, 6.45) is 1.97. The molecule has 0 saturated heterocycles. The Morgan fingerprint density at radius 2 is 2.33 bits per heavy atom. The van der Waals surface area contributed by atoms with Crippen LogP contribution in [-0.2, 0) is 0 Å². The van der Waals surface area contributed by atoms with Crippen LogP contribution in [0.4, 0.5) is 5.82 Å². The fourth-order valence-electron chi connectivity index (χ4n) is 1.70. The van der Waals surface area contributed by atoms with Gasteiger partial charge >= 0.3 is 0 Å². The summed E-state index contributed by atoms with van der Waals surface area (Å²) >= 11 is 0. The number of rotatable bonds is 5. The zero-order valence-electron chi connectivity index (χ0n) is 11.0. The largest absolute Gasteiger partial charge is 0.372 e. The standard InChI is InChI=1S/C13H18N4O/c1-10(2)17(9-5-7-14)13(18)11-6-4-8-16-12(11)15-3/h4,6,8,10H,5,9H2,1-3H3,(H,15,16). The maximum atomic E-state index is 12.4. The second-order valence-electron chi connectivity index (χ2n) is 4.15. The number of hydrogen-bond acceptors (Lipinski definition) is 4. The van der Waals surface area contributed by atoms with Gasteiger partial charge in [0.2, 0.25) is 0 Å². The average molecular weight is 246 g/mol. The van der Waals surface area contributed by atoms with Gasteiger partial charge in [0.25, 0.3) is 5.91 Å². The van der Waals surface area contributed by atoms with Gasteiger partial charge in [-0.1, -0.05) is 0 Å². The Morgan fingerprint density at radius 1 is 1.61 bits per heavy atom. The molecule has 0 atom stereocenters. The highest BCUT2D eigenvalue weighted by Crippen LogP contribution is 2.15. The van der Waals surface area contributed by atoms with Gasteiger partial charge in [0.15, 0.2) is 0 Å². The predicted octanol–water partition coefficient (Wildman–Crippen LogP) is 1.89. The van der Waals surface area contributed by atoms with Gasteiger partial charge in [-0.05, 0) is 26.0 Å². The van der Waals surface area contributed by atoms with Crippen LogP contribution in [0.3, 0.4) is 0 Å². The molecule has 18 heavy (non-hydrogen) atoms. The lowest BCUT2D eigenvalue weighted by molar-refractivity contribution is 0.0711. The van der Waals surface area contributed by atoms with E-state index >= 15 is 0 Å². The molecule has 0 aromatic carbocycles. The number of carbonyl (C=O) groups is 1. The third-order valence-corrected chi connectivity index (χ3v) is 2.62. The summed E-state index contributed by atoms with van der Waals surface area (Å²) in [5.41, 5.74) is 0.534. The van der Waals surface area contributed by atoms with Crippen molar-refractivity contribution in [3.05, 3.63) is 23.9 Å². The summed E-state index contributed by atoms with van der Waals surface area (Å²) in [7, 11) is 1.73. The van der Waals surface area contributed by atoms with Crippen molar-refractivity contribution < 1.29 is 4.79 Å². The number of carbonyl (C=O) groups excluding carboxylic acids is 1. The molecule has 0 bridgehead atoms. The first-order valence-electron chi connectivity index (χ1n) is 5.92. The van der Waals surface area contributed by atoms with Gasteiger partial charge in [-0.25, -0.2) is 4.98 Å². The molecule has 1 N–H and O–H groups in total. The molecule has 5 nitrogen and oxygen atoms in total. The first-order chi connectivity index (χ1) is 8.61. The Balaban J connectivity index is 2.99. The van der Waals surface area contributed by atoms with Crippen LogP contribution in [0.1, 0.15) is 30.6 Å². The van der Waals surface area contributed by atoms with Gasteiger partial charge in [-0.2, -0.15) is 5.26 Å². The summed E-state index contributed by atoms with van der Waals surface area (Å²) in [4.78, 5) is 18.2. The van der Waals surface area contributed by atoms with Crippen molar-refractivity contribution in [1.29, 1.82) is 5.26 Å². The highest BCUT2D eigenvalue weighted by molar-refractivity contribution is 5.98. The molecule has 0 aliphatic carbocycles. The number of pyridine rings is 1. The molecular formula is C13H18N4O. The number of aromatic nitrogens is 1. The van der Waals surface area contributed by atoms with Crippen molar-refractivity contribution in [2.75, 3.05) is 18.9 Å². The van der Waals surface area contributed by atoms with Crippen molar-refractivity contribution in [3.63, 3.8) is 0 Å². The van der Waals surface area contributed by atoms with Crippen molar-refractivity contribution in [3.8, 4) is 6.07 Å². The summed E-state index contributed by atoms with van der Waals surface area (Å²) in [6.45, 7) is 4.31. The minimum atomic E-state index is -0.0994. The molecule has 1 amide bonds. The SMILES string of the molecule is CNc1ncccc1C(=O)N(CCC#N)C(C)C. The number of nitriles is 1. The van der Waals surface area contributed by atoms with E-state index in [1.165, 1.54) is 0 Å². The topological polar surface area (TPSA) is 69.0 Å². The fraction of sp³-hybridized carbons (Fsp3) is 0.462. The quantitative estimate of drug-likeness (QED) is 0.861. The van der Waals surface area contributed by atoms with E-state index in [0.29, 0.717) is 24.3 Å². The minimum absolute atomic E-state index is 0.0516. The van der Waals surface area contributed by atoms with Gasteiger partial charge in [0, 0.05) is 25.8 Å². The Kier molecular flexibility index (Phi) is 5.12. The Bertz CT molecular complexity index is 451. The molecule has 0 aliphatic rings. The van der Waals surface area contributed by atoms with Gasteiger partial charge in [0.1, 0.15) is 5.82 Å². The summed E-state index contributed by atoms with van der Waals surface area (Å²) in [5, 5.41) is 11.5. The van der Waals surface area contributed by atoms with E-state index in [0.717, 1.165) is 0 Å². The predicted molar refractivity (Wildman–Crippen MR) is 70.2 cm³/mol. The van der Waals surface area contributed by atoms with Gasteiger partial charge in [0.05, 0.1) is 18.1 Å². The summed E-state index contributed by atoms with van der Waals surface area (Å²) in [5.74, 6) is 0.461. The van der Waals surface area contributed by atoms with E-state index < -0.39 is 0 Å². The van der Waals surface area contributed by atoms with Crippen LogP contribution >= 0.6 is 0 Å². The van der Waals surface area contributed by atoms with E-state index in [1.54, 1.807) is 30.3 Å². The molecule has 96 valence electrons. The monoisotopic (exact) mass is 246 g/mol. The number of nitrogens with zero attached hydrogens (tertiary/aromatic N) is 3. The molecule has 1 aromatic heterocycles. The summed E-state index contributed by atoms with van der Waals surface area (Å²) < 4.78 is 0. The lowest BCUT2D eigenvalue weighted by Crippen LogP contribution is -2.38. The van der Waals surface area contributed by atoms with Gasteiger partial charge in [-0.3, -0.25) is 4.79 Å². The van der Waals surface area contributed by atoms with Crippen LogP contribution in [0.5, 0.6) is 0 Å². The molecule has 1 rings (SSSR count). The molecule has 0 fully saturated rings. The molecule has 1 heterocycles. The normalized spacial score (nSPS) is 9.94. The maximum Gasteiger partial charge on any atom is 0.257 e. The number of nitrogens with one attached hydrogen (secondary N) is 1. The zero-order chi connectivity index (χ0) is 13.5. The average Bonchev–Trinajstić information content (AvgIpc) is 2.38. The molecule has 0 unspecified atom stereocenters. The molecule has 0 saturated carbocycles. The molecular weight excluding hydrogens is 228 g/mol. The minimum Gasteiger partial charge on any atom is -0.372 e. The summed E-state index contributed by atoms with van der Waals surface area (Å²) in [6, 6.07) is 5.59. The number of amides is 1. The Morgan fingerprint density at radius 3 is 2.89 bits per heavy atom. The van der Waals surface area contributed by atoms with E-state index in [-0.39, 0.29) is 11.9 Å².